The predicted molar refractivity (Wildman–Crippen MR) is 61.9 cm³/mol. The van der Waals surface area contributed by atoms with Gasteiger partial charge in [-0.25, -0.2) is 0 Å². The van der Waals surface area contributed by atoms with Gasteiger partial charge >= 0.3 is 0 Å². The SMILES string of the molecule is CC(CSC1CCCCC1)/C(N)=N/O. The Hall–Kier alpha value is -0.380. The first kappa shape index (κ1) is 11.7. The van der Waals surface area contributed by atoms with Crippen LogP contribution in [0.25, 0.3) is 0 Å². The van der Waals surface area contributed by atoms with Crippen LogP contribution in [-0.2, 0) is 0 Å². The number of hydrogen-bond acceptors (Lipinski definition) is 3. The topological polar surface area (TPSA) is 58.6 Å². The first-order valence-corrected chi connectivity index (χ1v) is 6.38. The molecule has 0 amide bonds. The molecular formula is C10H20N2OS. The van der Waals surface area contributed by atoms with Crippen LogP contribution in [0.1, 0.15) is 39.0 Å². The summed E-state index contributed by atoms with van der Waals surface area (Å²) in [6, 6.07) is 0. The Labute approximate surface area is 90.1 Å². The third-order valence-electron chi connectivity index (χ3n) is 2.75. The van der Waals surface area contributed by atoms with E-state index in [4.69, 9.17) is 10.9 Å². The van der Waals surface area contributed by atoms with Gasteiger partial charge in [0.1, 0.15) is 5.84 Å². The van der Waals surface area contributed by atoms with Gasteiger partial charge in [0.2, 0.25) is 0 Å². The van der Waals surface area contributed by atoms with Gasteiger partial charge in [-0.3, -0.25) is 0 Å². The monoisotopic (exact) mass is 216 g/mol. The van der Waals surface area contributed by atoms with E-state index in [1.807, 2.05) is 18.7 Å². The fourth-order valence-electron chi connectivity index (χ4n) is 1.70. The number of nitrogens with two attached hydrogens (primary N) is 1. The summed E-state index contributed by atoms with van der Waals surface area (Å²) >= 11 is 1.98. The van der Waals surface area contributed by atoms with Crippen LogP contribution in [0.4, 0.5) is 0 Å². The van der Waals surface area contributed by atoms with Crippen LogP contribution in [-0.4, -0.2) is 22.0 Å². The molecule has 0 bridgehead atoms. The van der Waals surface area contributed by atoms with E-state index in [0.29, 0.717) is 5.84 Å². The van der Waals surface area contributed by atoms with Gasteiger partial charge in [-0.1, -0.05) is 31.3 Å². The predicted octanol–water partition coefficient (Wildman–Crippen LogP) is 2.43. The molecule has 0 spiro atoms. The lowest BCUT2D eigenvalue weighted by molar-refractivity contribution is 0.315. The summed E-state index contributed by atoms with van der Waals surface area (Å²) in [5.41, 5.74) is 5.52. The van der Waals surface area contributed by atoms with Gasteiger partial charge in [0, 0.05) is 16.9 Å². The maximum absolute atomic E-state index is 8.50. The molecule has 0 radical (unpaired) electrons. The molecule has 3 nitrogen and oxygen atoms in total. The van der Waals surface area contributed by atoms with Crippen molar-refractivity contribution in [1.82, 2.24) is 0 Å². The molecule has 1 atom stereocenters. The summed E-state index contributed by atoms with van der Waals surface area (Å²) in [4.78, 5) is 0. The van der Waals surface area contributed by atoms with Crippen molar-refractivity contribution in [2.24, 2.45) is 16.8 Å². The molecule has 3 N–H and O–H groups in total. The highest BCUT2D eigenvalue weighted by Crippen LogP contribution is 2.29. The summed E-state index contributed by atoms with van der Waals surface area (Å²) in [7, 11) is 0. The molecule has 0 aromatic carbocycles. The summed E-state index contributed by atoms with van der Waals surface area (Å²) < 4.78 is 0. The quantitative estimate of drug-likeness (QED) is 0.328. The minimum Gasteiger partial charge on any atom is -0.409 e. The number of thioether (sulfide) groups is 1. The fraction of sp³-hybridized carbons (Fsp3) is 0.900. The second-order valence-corrected chi connectivity index (χ2v) is 5.35. The average molecular weight is 216 g/mol. The Balaban J connectivity index is 2.18. The lowest BCUT2D eigenvalue weighted by Crippen LogP contribution is -2.24. The van der Waals surface area contributed by atoms with Crippen LogP contribution in [0.15, 0.2) is 5.16 Å². The Morgan fingerprint density at radius 1 is 1.50 bits per heavy atom. The Morgan fingerprint density at radius 3 is 2.71 bits per heavy atom. The highest BCUT2D eigenvalue weighted by atomic mass is 32.2. The molecule has 1 rings (SSSR count). The van der Waals surface area contributed by atoms with Crippen molar-refractivity contribution in [3.63, 3.8) is 0 Å². The van der Waals surface area contributed by atoms with Gasteiger partial charge in [-0.05, 0) is 12.8 Å². The zero-order valence-corrected chi connectivity index (χ0v) is 9.59. The van der Waals surface area contributed by atoms with Crippen molar-refractivity contribution in [2.45, 2.75) is 44.3 Å². The number of hydrogen-bond donors (Lipinski definition) is 2. The van der Waals surface area contributed by atoms with E-state index in [-0.39, 0.29) is 5.92 Å². The fourth-order valence-corrected chi connectivity index (χ4v) is 3.09. The summed E-state index contributed by atoms with van der Waals surface area (Å²) in [6.07, 6.45) is 6.82. The van der Waals surface area contributed by atoms with Crippen LogP contribution in [0.3, 0.4) is 0 Å². The molecule has 0 heterocycles. The van der Waals surface area contributed by atoms with E-state index in [2.05, 4.69) is 5.16 Å². The van der Waals surface area contributed by atoms with Crippen molar-refractivity contribution < 1.29 is 5.21 Å². The Morgan fingerprint density at radius 2 is 2.14 bits per heavy atom. The molecule has 0 aromatic rings. The van der Waals surface area contributed by atoms with Crippen molar-refractivity contribution in [2.75, 3.05) is 5.75 Å². The average Bonchev–Trinajstić information content (AvgIpc) is 2.26. The summed E-state index contributed by atoms with van der Waals surface area (Å²) in [5.74, 6) is 1.51. The second-order valence-electron chi connectivity index (χ2n) is 4.02. The van der Waals surface area contributed by atoms with Gasteiger partial charge < -0.3 is 10.9 Å². The molecule has 14 heavy (non-hydrogen) atoms. The third-order valence-corrected chi connectivity index (χ3v) is 4.39. The maximum Gasteiger partial charge on any atom is 0.142 e. The van der Waals surface area contributed by atoms with E-state index in [9.17, 15) is 0 Å². The van der Waals surface area contributed by atoms with Crippen molar-refractivity contribution >= 4 is 17.6 Å². The molecule has 0 aromatic heterocycles. The number of nitrogens with zero attached hydrogens (tertiary/aromatic N) is 1. The minimum atomic E-state index is 0.187. The van der Waals surface area contributed by atoms with E-state index in [1.165, 1.54) is 32.1 Å². The van der Waals surface area contributed by atoms with E-state index in [1.54, 1.807) is 0 Å². The molecule has 1 unspecified atom stereocenters. The van der Waals surface area contributed by atoms with Crippen molar-refractivity contribution in [3.05, 3.63) is 0 Å². The van der Waals surface area contributed by atoms with Gasteiger partial charge in [0.15, 0.2) is 0 Å². The van der Waals surface area contributed by atoms with Gasteiger partial charge in [-0.15, -0.1) is 0 Å². The maximum atomic E-state index is 8.50. The van der Waals surface area contributed by atoms with Gasteiger partial charge in [0.25, 0.3) is 0 Å². The summed E-state index contributed by atoms with van der Waals surface area (Å²) in [6.45, 7) is 2.00. The number of oxime groups is 1. The molecule has 1 fully saturated rings. The molecule has 82 valence electrons. The number of amidine groups is 1. The first-order chi connectivity index (χ1) is 6.74. The van der Waals surface area contributed by atoms with Crippen LogP contribution in [0.5, 0.6) is 0 Å². The summed E-state index contributed by atoms with van der Waals surface area (Å²) in [5, 5.41) is 12.3. The highest BCUT2D eigenvalue weighted by molar-refractivity contribution is 7.99. The molecule has 1 aliphatic rings. The minimum absolute atomic E-state index is 0.187. The zero-order valence-electron chi connectivity index (χ0n) is 8.78. The molecule has 1 saturated carbocycles. The largest absolute Gasteiger partial charge is 0.409 e. The van der Waals surface area contributed by atoms with E-state index in [0.717, 1.165) is 11.0 Å². The van der Waals surface area contributed by atoms with Crippen LogP contribution in [0, 0.1) is 5.92 Å². The van der Waals surface area contributed by atoms with Gasteiger partial charge in [0.05, 0.1) is 0 Å². The lowest BCUT2D eigenvalue weighted by atomic mass is 10.0. The lowest BCUT2D eigenvalue weighted by Gasteiger charge is -2.22. The van der Waals surface area contributed by atoms with Crippen LogP contribution < -0.4 is 5.73 Å². The van der Waals surface area contributed by atoms with Crippen LogP contribution >= 0.6 is 11.8 Å². The van der Waals surface area contributed by atoms with E-state index >= 15 is 0 Å². The molecule has 1 aliphatic carbocycles. The highest BCUT2D eigenvalue weighted by Gasteiger charge is 2.16. The van der Waals surface area contributed by atoms with Crippen LogP contribution in [0.2, 0.25) is 0 Å². The Bertz CT molecular complexity index is 191. The first-order valence-electron chi connectivity index (χ1n) is 5.33. The standard InChI is InChI=1S/C10H20N2OS/c1-8(10(11)12-13)7-14-9-5-3-2-4-6-9/h8-9,13H,2-7H2,1H3,(H2,11,12). The molecule has 4 heteroatoms. The number of rotatable bonds is 4. The van der Waals surface area contributed by atoms with Gasteiger partial charge in [-0.2, -0.15) is 11.8 Å². The zero-order chi connectivity index (χ0) is 10.4. The molecular weight excluding hydrogens is 196 g/mol. The van der Waals surface area contributed by atoms with E-state index < -0.39 is 0 Å². The smallest absolute Gasteiger partial charge is 0.142 e. The Kier molecular flexibility index (Phi) is 5.15. The van der Waals surface area contributed by atoms with Crippen molar-refractivity contribution in [3.8, 4) is 0 Å². The third kappa shape index (κ3) is 3.78. The molecule has 0 saturated heterocycles. The van der Waals surface area contributed by atoms with Crippen molar-refractivity contribution in [1.29, 1.82) is 0 Å². The molecule has 0 aliphatic heterocycles. The normalized spacial score (nSPS) is 22.2. The second kappa shape index (κ2) is 6.17.